The summed E-state index contributed by atoms with van der Waals surface area (Å²) in [5, 5.41) is 0. The summed E-state index contributed by atoms with van der Waals surface area (Å²) < 4.78 is 45.4. The van der Waals surface area contributed by atoms with E-state index in [1.807, 2.05) is 0 Å². The van der Waals surface area contributed by atoms with Crippen LogP contribution in [0, 0.1) is 5.82 Å². The van der Waals surface area contributed by atoms with Crippen molar-refractivity contribution in [2.45, 2.75) is 37.1 Å². The molecule has 0 aromatic heterocycles. The van der Waals surface area contributed by atoms with Gasteiger partial charge in [-0.25, -0.2) is 17.6 Å². The number of sulfonamides is 1. The van der Waals surface area contributed by atoms with Crippen molar-refractivity contribution in [3.63, 3.8) is 0 Å². The molecular formula is C25H29FN2O5S. The Hall–Kier alpha value is -3.04. The minimum absolute atomic E-state index is 0.191. The number of amides is 1. The van der Waals surface area contributed by atoms with Gasteiger partial charge in [-0.2, -0.15) is 4.31 Å². The minimum atomic E-state index is -3.53. The number of likely N-dealkylation sites (N-methyl/N-ethyl adjacent to an activating group) is 1. The standard InChI is InChI=1S/C25H29FN2O5S/c1-27(18-21-7-6-8-22(26)17-21)24(29)19-33-25(30)14-11-20-9-12-23(13-10-20)34(31,32)28-15-4-2-3-5-16-28/h6-14,17H,2-5,15-16,18-19H2,1H3/b14-11+. The normalized spacial score (nSPS) is 15.1. The molecule has 1 fully saturated rings. The van der Waals surface area contributed by atoms with E-state index in [4.69, 9.17) is 4.74 Å². The Labute approximate surface area is 199 Å². The topological polar surface area (TPSA) is 84.0 Å². The van der Waals surface area contributed by atoms with Gasteiger partial charge in [0.25, 0.3) is 5.91 Å². The summed E-state index contributed by atoms with van der Waals surface area (Å²) in [6.45, 7) is 0.816. The Morgan fingerprint density at radius 2 is 1.74 bits per heavy atom. The summed E-state index contributed by atoms with van der Waals surface area (Å²) in [6, 6.07) is 12.2. The SMILES string of the molecule is CN(Cc1cccc(F)c1)C(=O)COC(=O)/C=C/c1ccc(S(=O)(=O)N2CCCCCC2)cc1. The lowest BCUT2D eigenvalue weighted by molar-refractivity contribution is -0.147. The molecular weight excluding hydrogens is 459 g/mol. The molecule has 1 heterocycles. The number of carbonyl (C=O) groups is 2. The van der Waals surface area contributed by atoms with Crippen molar-refractivity contribution in [1.82, 2.24) is 9.21 Å². The van der Waals surface area contributed by atoms with Crippen LogP contribution >= 0.6 is 0 Å². The third-order valence-electron chi connectivity index (χ3n) is 5.57. The zero-order chi connectivity index (χ0) is 24.6. The second kappa shape index (κ2) is 11.9. The second-order valence-electron chi connectivity index (χ2n) is 8.21. The van der Waals surface area contributed by atoms with Crippen molar-refractivity contribution in [3.05, 3.63) is 71.6 Å². The molecule has 3 rings (SSSR count). The third-order valence-corrected chi connectivity index (χ3v) is 7.48. The first-order valence-electron chi connectivity index (χ1n) is 11.2. The molecule has 0 unspecified atom stereocenters. The van der Waals surface area contributed by atoms with Crippen molar-refractivity contribution < 1.29 is 27.1 Å². The number of hydrogen-bond acceptors (Lipinski definition) is 5. The van der Waals surface area contributed by atoms with Crippen LogP contribution in [0.2, 0.25) is 0 Å². The van der Waals surface area contributed by atoms with Crippen molar-refractivity contribution in [1.29, 1.82) is 0 Å². The van der Waals surface area contributed by atoms with E-state index in [1.54, 1.807) is 24.3 Å². The Morgan fingerprint density at radius 1 is 1.06 bits per heavy atom. The lowest BCUT2D eigenvalue weighted by atomic mass is 10.2. The molecule has 9 heteroatoms. The van der Waals surface area contributed by atoms with Gasteiger partial charge in [0.2, 0.25) is 10.0 Å². The molecule has 182 valence electrons. The van der Waals surface area contributed by atoms with Crippen LogP contribution in [-0.4, -0.2) is 56.2 Å². The smallest absolute Gasteiger partial charge is 0.331 e. The van der Waals surface area contributed by atoms with Crippen LogP contribution < -0.4 is 0 Å². The lowest BCUT2D eigenvalue weighted by Crippen LogP contribution is -2.31. The first-order chi connectivity index (χ1) is 16.3. The van der Waals surface area contributed by atoms with Gasteiger partial charge in [-0.3, -0.25) is 4.79 Å². The Bertz CT molecular complexity index is 1120. The number of nitrogens with zero attached hydrogens (tertiary/aromatic N) is 2. The van der Waals surface area contributed by atoms with E-state index in [2.05, 4.69) is 0 Å². The van der Waals surface area contributed by atoms with Crippen molar-refractivity contribution in [3.8, 4) is 0 Å². The molecule has 34 heavy (non-hydrogen) atoms. The molecule has 1 aliphatic heterocycles. The summed E-state index contributed by atoms with van der Waals surface area (Å²) in [5.74, 6) is -1.51. The Kier molecular flexibility index (Phi) is 8.95. The zero-order valence-corrected chi connectivity index (χ0v) is 20.0. The van der Waals surface area contributed by atoms with Crippen LogP contribution in [0.4, 0.5) is 4.39 Å². The summed E-state index contributed by atoms with van der Waals surface area (Å²) in [7, 11) is -1.99. The Balaban J connectivity index is 1.50. The van der Waals surface area contributed by atoms with Gasteiger partial charge < -0.3 is 9.64 Å². The van der Waals surface area contributed by atoms with Gasteiger partial charge in [0.05, 0.1) is 4.90 Å². The van der Waals surface area contributed by atoms with E-state index in [-0.39, 0.29) is 17.3 Å². The van der Waals surface area contributed by atoms with Crippen molar-refractivity contribution >= 4 is 28.0 Å². The number of rotatable bonds is 8. The number of ether oxygens (including phenoxy) is 1. The maximum Gasteiger partial charge on any atom is 0.331 e. The molecule has 0 bridgehead atoms. The maximum absolute atomic E-state index is 13.3. The van der Waals surface area contributed by atoms with Crippen LogP contribution in [0.25, 0.3) is 6.08 Å². The molecule has 0 N–H and O–H groups in total. The van der Waals surface area contributed by atoms with E-state index < -0.39 is 28.5 Å². The van der Waals surface area contributed by atoms with E-state index >= 15 is 0 Å². The molecule has 0 radical (unpaired) electrons. The van der Waals surface area contributed by atoms with Gasteiger partial charge in [-0.1, -0.05) is 37.1 Å². The Morgan fingerprint density at radius 3 is 2.38 bits per heavy atom. The average molecular weight is 489 g/mol. The lowest BCUT2D eigenvalue weighted by Gasteiger charge is -2.19. The van der Waals surface area contributed by atoms with E-state index in [0.717, 1.165) is 25.7 Å². The van der Waals surface area contributed by atoms with Crippen LogP contribution in [0.5, 0.6) is 0 Å². The number of esters is 1. The van der Waals surface area contributed by atoms with Crippen LogP contribution in [-0.2, 0) is 30.9 Å². The predicted octanol–water partition coefficient (Wildman–Crippen LogP) is 3.61. The van der Waals surface area contributed by atoms with Crippen molar-refractivity contribution in [2.24, 2.45) is 0 Å². The first kappa shape index (κ1) is 25.6. The third kappa shape index (κ3) is 7.23. The van der Waals surface area contributed by atoms with Gasteiger partial charge >= 0.3 is 5.97 Å². The molecule has 0 spiro atoms. The highest BCUT2D eigenvalue weighted by atomic mass is 32.2. The quantitative estimate of drug-likeness (QED) is 0.419. The minimum Gasteiger partial charge on any atom is -0.452 e. The van der Waals surface area contributed by atoms with Crippen LogP contribution in [0.1, 0.15) is 36.8 Å². The number of hydrogen-bond donors (Lipinski definition) is 0. The summed E-state index contributed by atoms with van der Waals surface area (Å²) >= 11 is 0. The monoisotopic (exact) mass is 488 g/mol. The van der Waals surface area contributed by atoms with E-state index in [0.29, 0.717) is 24.2 Å². The van der Waals surface area contributed by atoms with E-state index in [9.17, 15) is 22.4 Å². The van der Waals surface area contributed by atoms with Crippen LogP contribution in [0.3, 0.4) is 0 Å². The molecule has 2 aromatic carbocycles. The largest absolute Gasteiger partial charge is 0.452 e. The highest BCUT2D eigenvalue weighted by molar-refractivity contribution is 7.89. The molecule has 2 aromatic rings. The fourth-order valence-electron chi connectivity index (χ4n) is 3.63. The molecule has 0 saturated carbocycles. The molecule has 0 atom stereocenters. The molecule has 1 aliphatic rings. The number of carbonyl (C=O) groups excluding carboxylic acids is 2. The van der Waals surface area contributed by atoms with Gasteiger partial charge in [-0.05, 0) is 54.3 Å². The average Bonchev–Trinajstić information content (AvgIpc) is 3.12. The van der Waals surface area contributed by atoms with Crippen LogP contribution in [0.15, 0.2) is 59.5 Å². The zero-order valence-electron chi connectivity index (χ0n) is 19.2. The summed E-state index contributed by atoms with van der Waals surface area (Å²) in [6.07, 6.45) is 6.49. The molecule has 1 saturated heterocycles. The van der Waals surface area contributed by atoms with E-state index in [1.165, 1.54) is 52.7 Å². The molecule has 1 amide bonds. The molecule has 0 aliphatic carbocycles. The number of halogens is 1. The summed E-state index contributed by atoms with van der Waals surface area (Å²) in [5.41, 5.74) is 1.25. The first-order valence-corrected chi connectivity index (χ1v) is 12.6. The van der Waals surface area contributed by atoms with Gasteiger partial charge in [0.15, 0.2) is 6.61 Å². The highest BCUT2D eigenvalue weighted by Crippen LogP contribution is 2.21. The fourth-order valence-corrected chi connectivity index (χ4v) is 5.15. The predicted molar refractivity (Wildman–Crippen MR) is 127 cm³/mol. The second-order valence-corrected chi connectivity index (χ2v) is 10.1. The van der Waals surface area contributed by atoms with Gasteiger partial charge in [-0.15, -0.1) is 0 Å². The van der Waals surface area contributed by atoms with Gasteiger partial charge in [0, 0.05) is 32.8 Å². The number of benzene rings is 2. The van der Waals surface area contributed by atoms with Gasteiger partial charge in [0.1, 0.15) is 5.82 Å². The highest BCUT2D eigenvalue weighted by Gasteiger charge is 2.24. The van der Waals surface area contributed by atoms with Crippen molar-refractivity contribution in [2.75, 3.05) is 26.7 Å². The molecule has 7 nitrogen and oxygen atoms in total. The fraction of sp³-hybridized carbons (Fsp3) is 0.360. The summed E-state index contributed by atoms with van der Waals surface area (Å²) in [4.78, 5) is 25.7. The maximum atomic E-state index is 13.3.